The molecule has 50 heavy (non-hydrogen) atoms. The lowest BCUT2D eigenvalue weighted by Crippen LogP contribution is -2.46. The molecule has 15 heteroatoms. The van der Waals surface area contributed by atoms with Crippen molar-refractivity contribution in [2.45, 2.75) is 92.1 Å². The van der Waals surface area contributed by atoms with Gasteiger partial charge in [0.05, 0.1) is 5.60 Å². The molecule has 0 saturated heterocycles. The van der Waals surface area contributed by atoms with Gasteiger partial charge in [-0.3, -0.25) is 19.2 Å². The molecule has 0 spiro atoms. The summed E-state index contributed by atoms with van der Waals surface area (Å²) in [7, 11) is 0. The first-order valence-electron chi connectivity index (χ1n) is 15.5. The molecular formula is C35H45N3O12. The van der Waals surface area contributed by atoms with E-state index >= 15 is 0 Å². The molecule has 0 aliphatic carbocycles. The van der Waals surface area contributed by atoms with Crippen LogP contribution in [0.5, 0.6) is 5.75 Å². The Morgan fingerprint density at radius 2 is 1.28 bits per heavy atom. The number of nitrogens with zero attached hydrogens (tertiary/aromatic N) is 2. The van der Waals surface area contributed by atoms with Crippen LogP contribution in [0.1, 0.15) is 95.5 Å². The van der Waals surface area contributed by atoms with Crippen molar-refractivity contribution in [2.24, 2.45) is 4.99 Å². The van der Waals surface area contributed by atoms with Gasteiger partial charge in [0.25, 0.3) is 5.91 Å². The first-order chi connectivity index (χ1) is 22.9. The number of hydrogen-bond acceptors (Lipinski definition) is 11. The summed E-state index contributed by atoms with van der Waals surface area (Å²) in [6.45, 7) is 15.1. The fraction of sp³-hybridized carbons (Fsp3) is 0.457. The number of hydrogen-bond donors (Lipinski definition) is 2. The highest BCUT2D eigenvalue weighted by atomic mass is 16.7. The zero-order valence-corrected chi connectivity index (χ0v) is 29.9. The lowest BCUT2D eigenvalue weighted by molar-refractivity contribution is -0.169. The van der Waals surface area contributed by atoms with E-state index < -0.39 is 71.9 Å². The minimum atomic E-state index is -1.30. The van der Waals surface area contributed by atoms with Gasteiger partial charge < -0.3 is 29.4 Å². The third-order valence-corrected chi connectivity index (χ3v) is 5.69. The average molecular weight is 700 g/mol. The molecule has 0 fully saturated rings. The molecule has 15 nitrogen and oxygen atoms in total. The van der Waals surface area contributed by atoms with Crippen LogP contribution in [0, 0.1) is 0 Å². The van der Waals surface area contributed by atoms with E-state index in [0.717, 1.165) is 12.0 Å². The molecule has 1 atom stereocenters. The number of aliphatic carboxylic acids is 1. The number of carboxylic acid groups (broad SMARTS) is 1. The number of amidine groups is 1. The van der Waals surface area contributed by atoms with Gasteiger partial charge in [0.2, 0.25) is 0 Å². The van der Waals surface area contributed by atoms with Crippen molar-refractivity contribution >= 4 is 41.7 Å². The standard InChI is InChI=1S/C35H45N3O12/c1-21(39)46-19-26(28(42)22-15-17-25(18-16-22)47-20-27(40)41)36-30(43)24-13-11-23(12-14-24)29(37-31(44)48-33(2,3)4)38(50-35(8,9)10)32(45)49-34(5,6)7/h11-18,26H,19-20H2,1-10H3,(H,36,43)(H,40,41)/b37-29-. The number of aliphatic imine (C=N–C) groups is 1. The van der Waals surface area contributed by atoms with Crippen molar-refractivity contribution in [2.75, 3.05) is 13.2 Å². The largest absolute Gasteiger partial charge is 0.482 e. The number of nitrogens with one attached hydrogen (secondary N) is 1. The molecule has 2 aromatic carbocycles. The van der Waals surface area contributed by atoms with Crippen molar-refractivity contribution in [3.8, 4) is 5.75 Å². The molecule has 0 aliphatic heterocycles. The SMILES string of the molecule is CC(=O)OCC(NC(=O)c1ccc(/C(=N/C(=O)OC(C)(C)C)N(OC(C)(C)C)C(=O)OC(C)(C)C)cc1)C(=O)c1ccc(OCC(=O)O)cc1. The third kappa shape index (κ3) is 14.4. The molecular weight excluding hydrogens is 654 g/mol. The summed E-state index contributed by atoms with van der Waals surface area (Å²) in [6.07, 6.45) is -1.99. The van der Waals surface area contributed by atoms with Crippen LogP contribution in [0.2, 0.25) is 0 Å². The zero-order valence-electron chi connectivity index (χ0n) is 29.9. The molecule has 0 aliphatic rings. The minimum absolute atomic E-state index is 0.0592. The van der Waals surface area contributed by atoms with Gasteiger partial charge in [0.15, 0.2) is 18.2 Å². The summed E-state index contributed by atoms with van der Waals surface area (Å²) in [4.78, 5) is 85.2. The summed E-state index contributed by atoms with van der Waals surface area (Å²) >= 11 is 0. The summed E-state index contributed by atoms with van der Waals surface area (Å²) in [5.74, 6) is -3.24. The second-order valence-corrected chi connectivity index (χ2v) is 13.9. The number of carbonyl (C=O) groups is 6. The number of carboxylic acids is 1. The van der Waals surface area contributed by atoms with Crippen molar-refractivity contribution in [1.29, 1.82) is 0 Å². The molecule has 0 saturated carbocycles. The van der Waals surface area contributed by atoms with E-state index in [1.807, 2.05) is 0 Å². The zero-order chi connectivity index (χ0) is 38.0. The van der Waals surface area contributed by atoms with E-state index in [2.05, 4.69) is 10.3 Å². The van der Waals surface area contributed by atoms with Crippen LogP contribution in [0.4, 0.5) is 9.59 Å². The maximum atomic E-state index is 13.4. The molecule has 3 amide bonds. The van der Waals surface area contributed by atoms with Gasteiger partial charge in [-0.15, -0.1) is 5.06 Å². The Morgan fingerprint density at radius 1 is 0.760 bits per heavy atom. The van der Waals surface area contributed by atoms with Gasteiger partial charge in [0, 0.05) is 23.6 Å². The number of ether oxygens (including phenoxy) is 4. The summed E-state index contributed by atoms with van der Waals surface area (Å²) in [5.41, 5.74) is -2.45. The maximum Gasteiger partial charge on any atom is 0.440 e. The van der Waals surface area contributed by atoms with E-state index in [4.69, 9.17) is 28.9 Å². The van der Waals surface area contributed by atoms with Crippen LogP contribution < -0.4 is 10.1 Å². The number of benzene rings is 2. The molecule has 0 bridgehead atoms. The quantitative estimate of drug-likeness (QED) is 0.0764. The topological polar surface area (TPSA) is 196 Å². The molecule has 2 aromatic rings. The van der Waals surface area contributed by atoms with Gasteiger partial charge >= 0.3 is 24.1 Å². The summed E-state index contributed by atoms with van der Waals surface area (Å²) in [6, 6.07) is 9.76. The Morgan fingerprint density at radius 3 is 1.76 bits per heavy atom. The normalized spacial score (nSPS) is 12.6. The average Bonchev–Trinajstić information content (AvgIpc) is 2.97. The smallest absolute Gasteiger partial charge is 0.440 e. The number of hydroxylamine groups is 2. The molecule has 0 heterocycles. The van der Waals surface area contributed by atoms with E-state index in [1.165, 1.54) is 48.5 Å². The van der Waals surface area contributed by atoms with E-state index in [0.29, 0.717) is 0 Å². The molecule has 0 aromatic heterocycles. The Labute approximate surface area is 290 Å². The first kappa shape index (κ1) is 40.9. The number of rotatable bonds is 11. The Balaban J connectivity index is 2.47. The number of Topliss-reactive ketones (excluding diaryl/α,β-unsaturated/α-hetero) is 1. The van der Waals surface area contributed by atoms with Crippen LogP contribution in [-0.4, -0.2) is 87.9 Å². The second-order valence-electron chi connectivity index (χ2n) is 13.9. The summed E-state index contributed by atoms with van der Waals surface area (Å²) in [5, 5.41) is 12.1. The van der Waals surface area contributed by atoms with Gasteiger partial charge in [-0.05, 0) is 98.7 Å². The fourth-order valence-electron chi connectivity index (χ4n) is 3.80. The van der Waals surface area contributed by atoms with Crippen molar-refractivity contribution in [3.05, 3.63) is 65.2 Å². The van der Waals surface area contributed by atoms with Crippen LogP contribution >= 0.6 is 0 Å². The van der Waals surface area contributed by atoms with Crippen molar-refractivity contribution < 1.29 is 57.7 Å². The lowest BCUT2D eigenvalue weighted by Gasteiger charge is -2.32. The number of esters is 1. The highest BCUT2D eigenvalue weighted by molar-refractivity contribution is 6.10. The first-order valence-corrected chi connectivity index (χ1v) is 15.5. The van der Waals surface area contributed by atoms with Gasteiger partial charge in [-0.25, -0.2) is 14.4 Å². The maximum absolute atomic E-state index is 13.4. The minimum Gasteiger partial charge on any atom is -0.482 e. The number of carbonyl (C=O) groups excluding carboxylic acids is 5. The van der Waals surface area contributed by atoms with Gasteiger partial charge in [-0.1, -0.05) is 12.1 Å². The number of ketones is 1. The predicted molar refractivity (Wildman–Crippen MR) is 180 cm³/mol. The van der Waals surface area contributed by atoms with E-state index in [-0.39, 0.29) is 28.3 Å². The molecule has 1 unspecified atom stereocenters. The molecule has 2 rings (SSSR count). The van der Waals surface area contributed by atoms with Crippen LogP contribution in [0.25, 0.3) is 0 Å². The highest BCUT2D eigenvalue weighted by Crippen LogP contribution is 2.21. The molecule has 0 radical (unpaired) electrons. The summed E-state index contributed by atoms with van der Waals surface area (Å²) < 4.78 is 21.0. The van der Waals surface area contributed by atoms with Crippen molar-refractivity contribution in [3.63, 3.8) is 0 Å². The Kier molecular flexibility index (Phi) is 13.8. The number of amides is 3. The fourth-order valence-corrected chi connectivity index (χ4v) is 3.80. The van der Waals surface area contributed by atoms with Gasteiger partial charge in [-0.2, -0.15) is 4.99 Å². The van der Waals surface area contributed by atoms with Crippen LogP contribution in [0.3, 0.4) is 0 Å². The van der Waals surface area contributed by atoms with E-state index in [1.54, 1.807) is 62.3 Å². The highest BCUT2D eigenvalue weighted by Gasteiger charge is 2.33. The Bertz CT molecular complexity index is 1580. The van der Waals surface area contributed by atoms with Crippen LogP contribution in [-0.2, 0) is 28.6 Å². The predicted octanol–water partition coefficient (Wildman–Crippen LogP) is 5.34. The van der Waals surface area contributed by atoms with E-state index in [9.17, 15) is 28.8 Å². The monoisotopic (exact) mass is 699 g/mol. The molecule has 272 valence electrons. The van der Waals surface area contributed by atoms with Gasteiger partial charge in [0.1, 0.15) is 29.6 Å². The van der Waals surface area contributed by atoms with Crippen LogP contribution in [0.15, 0.2) is 53.5 Å². The Hall–Kier alpha value is -5.31. The molecule has 2 N–H and O–H groups in total. The third-order valence-electron chi connectivity index (χ3n) is 5.69. The second kappa shape index (κ2) is 16.9. The lowest BCUT2D eigenvalue weighted by atomic mass is 10.0. The van der Waals surface area contributed by atoms with Crippen molar-refractivity contribution in [1.82, 2.24) is 10.4 Å².